The van der Waals surface area contributed by atoms with E-state index >= 15 is 0 Å². The van der Waals surface area contributed by atoms with Crippen molar-refractivity contribution < 1.29 is 13.0 Å². The highest BCUT2D eigenvalue weighted by atomic mass is 35.5. The molecule has 6 heteroatoms. The monoisotopic (exact) mass is 605 g/mol. The summed E-state index contributed by atoms with van der Waals surface area (Å²) in [4.78, 5) is 2.81. The van der Waals surface area contributed by atoms with E-state index < -0.39 is 10.1 Å². The molecule has 0 fully saturated rings. The first kappa shape index (κ1) is 37.4. The van der Waals surface area contributed by atoms with Crippen LogP contribution in [0.5, 0.6) is 0 Å². The van der Waals surface area contributed by atoms with Crippen LogP contribution < -0.4 is 0 Å². The predicted molar refractivity (Wildman–Crippen MR) is 178 cm³/mol. The van der Waals surface area contributed by atoms with Gasteiger partial charge in [-0.2, -0.15) is 8.42 Å². The average molecular weight is 606 g/mol. The van der Waals surface area contributed by atoms with Crippen molar-refractivity contribution in [1.29, 1.82) is 0 Å². The van der Waals surface area contributed by atoms with E-state index in [4.69, 9.17) is 16.2 Å². The van der Waals surface area contributed by atoms with Gasteiger partial charge in [-0.3, -0.25) is 9.45 Å². The van der Waals surface area contributed by atoms with Gasteiger partial charge < -0.3 is 0 Å². The summed E-state index contributed by atoms with van der Waals surface area (Å²) in [6, 6.07) is 16.2. The van der Waals surface area contributed by atoms with Crippen LogP contribution in [0.1, 0.15) is 129 Å². The van der Waals surface area contributed by atoms with Crippen molar-refractivity contribution in [3.8, 4) is 0 Å². The quantitative estimate of drug-likeness (QED) is 0.104. The van der Waals surface area contributed by atoms with Crippen LogP contribution in [0, 0.1) is 6.92 Å². The van der Waals surface area contributed by atoms with Crippen molar-refractivity contribution in [2.24, 2.45) is 0 Å². The molecule has 3 atom stereocenters. The van der Waals surface area contributed by atoms with E-state index in [1.165, 1.54) is 94.7 Å². The molecule has 0 radical (unpaired) electrons. The minimum absolute atomic E-state index is 0.0666. The van der Waals surface area contributed by atoms with Crippen LogP contribution >= 0.6 is 11.6 Å². The minimum atomic E-state index is -4.02. The van der Waals surface area contributed by atoms with Crippen LogP contribution in [-0.2, 0) is 10.1 Å². The molecule has 0 aromatic heterocycles. The number of allylic oxidation sites excluding steroid dienone is 1. The lowest BCUT2D eigenvalue weighted by Gasteiger charge is -2.43. The Kier molecular flexibility index (Phi) is 19.2. The van der Waals surface area contributed by atoms with Crippen LogP contribution in [0.15, 0.2) is 65.6 Å². The fourth-order valence-corrected chi connectivity index (χ4v) is 6.04. The van der Waals surface area contributed by atoms with E-state index in [0.717, 1.165) is 10.6 Å². The summed E-state index contributed by atoms with van der Waals surface area (Å²) >= 11 is 6.22. The van der Waals surface area contributed by atoms with Crippen molar-refractivity contribution in [2.45, 2.75) is 142 Å². The van der Waals surface area contributed by atoms with Gasteiger partial charge in [-0.25, -0.2) is 0 Å². The molecule has 0 aliphatic heterocycles. The molecule has 232 valence electrons. The Hall–Kier alpha value is -1.66. The van der Waals surface area contributed by atoms with E-state index in [1.54, 1.807) is 12.1 Å². The second-order valence-corrected chi connectivity index (χ2v) is 12.9. The van der Waals surface area contributed by atoms with Crippen LogP contribution in [-0.4, -0.2) is 30.0 Å². The van der Waals surface area contributed by atoms with Crippen molar-refractivity contribution >= 4 is 21.7 Å². The Morgan fingerprint density at radius 1 is 0.780 bits per heavy atom. The van der Waals surface area contributed by atoms with Crippen LogP contribution in [0.25, 0.3) is 0 Å². The molecule has 0 aliphatic carbocycles. The molecular weight excluding hydrogens is 550 g/mol. The summed E-state index contributed by atoms with van der Waals surface area (Å²) < 4.78 is 29.6. The molecule has 41 heavy (non-hydrogen) atoms. The van der Waals surface area contributed by atoms with Crippen LogP contribution in [0.3, 0.4) is 0 Å². The molecule has 1 N–H and O–H groups in total. The molecule has 2 rings (SSSR count). The predicted octanol–water partition coefficient (Wildman–Crippen LogP) is 11.0. The molecule has 0 saturated carbocycles. The zero-order valence-corrected chi connectivity index (χ0v) is 28.1. The SMILES string of the molecule is C/C=C\C(c1ccc(Cl)cc1)N(C(CC)CCCCCC)C(CC)CCCCCC.Cc1ccc(S(=O)(=O)O)cc1. The Labute approximate surface area is 257 Å². The minimum Gasteiger partial charge on any atom is -0.287 e. The molecule has 3 unspecified atom stereocenters. The molecular formula is C35H56ClNO3S. The smallest absolute Gasteiger partial charge is 0.287 e. The number of benzene rings is 2. The second-order valence-electron chi connectivity index (χ2n) is 11.1. The third kappa shape index (κ3) is 14.4. The van der Waals surface area contributed by atoms with E-state index in [2.05, 4.69) is 75.9 Å². The van der Waals surface area contributed by atoms with Crippen molar-refractivity contribution in [3.63, 3.8) is 0 Å². The lowest BCUT2D eigenvalue weighted by molar-refractivity contribution is 0.0782. The summed E-state index contributed by atoms with van der Waals surface area (Å²) in [6.07, 6.45) is 20.5. The Morgan fingerprint density at radius 2 is 1.27 bits per heavy atom. The highest BCUT2D eigenvalue weighted by molar-refractivity contribution is 7.85. The van der Waals surface area contributed by atoms with Gasteiger partial charge in [-0.05, 0) is 69.4 Å². The Bertz CT molecular complexity index is 1050. The zero-order valence-electron chi connectivity index (χ0n) is 26.5. The van der Waals surface area contributed by atoms with Gasteiger partial charge in [0.25, 0.3) is 10.1 Å². The first-order chi connectivity index (χ1) is 19.6. The van der Waals surface area contributed by atoms with E-state index in [0.29, 0.717) is 18.1 Å². The molecule has 0 spiro atoms. The van der Waals surface area contributed by atoms with Crippen molar-refractivity contribution in [1.82, 2.24) is 4.90 Å². The normalized spacial score (nSPS) is 14.1. The maximum absolute atomic E-state index is 10.5. The van der Waals surface area contributed by atoms with Gasteiger partial charge in [0.2, 0.25) is 0 Å². The second kappa shape index (κ2) is 21.1. The summed E-state index contributed by atoms with van der Waals surface area (Å²) in [5.41, 5.74) is 2.33. The largest absolute Gasteiger partial charge is 0.294 e. The fraction of sp³-hybridized carbons (Fsp3) is 0.600. The van der Waals surface area contributed by atoms with Gasteiger partial charge in [0, 0.05) is 17.1 Å². The van der Waals surface area contributed by atoms with Gasteiger partial charge in [-0.1, -0.05) is 133 Å². The van der Waals surface area contributed by atoms with Crippen molar-refractivity contribution in [2.75, 3.05) is 0 Å². The number of nitrogens with zero attached hydrogens (tertiary/aromatic N) is 1. The number of aryl methyl sites for hydroxylation is 1. The summed E-state index contributed by atoms with van der Waals surface area (Å²) in [6.45, 7) is 13.4. The molecule has 0 amide bonds. The van der Waals surface area contributed by atoms with Gasteiger partial charge in [0.15, 0.2) is 0 Å². The maximum Gasteiger partial charge on any atom is 0.294 e. The molecule has 4 nitrogen and oxygen atoms in total. The first-order valence-electron chi connectivity index (χ1n) is 15.8. The highest BCUT2D eigenvalue weighted by Gasteiger charge is 2.30. The maximum atomic E-state index is 10.5. The number of rotatable bonds is 18. The third-order valence-corrected chi connectivity index (χ3v) is 8.91. The molecule has 0 aliphatic rings. The zero-order chi connectivity index (χ0) is 30.7. The number of unbranched alkanes of at least 4 members (excludes halogenated alkanes) is 6. The topological polar surface area (TPSA) is 57.6 Å². The number of hydrogen-bond acceptors (Lipinski definition) is 3. The van der Waals surface area contributed by atoms with E-state index in [-0.39, 0.29) is 4.90 Å². The first-order valence-corrected chi connectivity index (χ1v) is 17.6. The fourth-order valence-electron chi connectivity index (χ4n) is 5.43. The third-order valence-electron chi connectivity index (χ3n) is 7.79. The van der Waals surface area contributed by atoms with Gasteiger partial charge >= 0.3 is 0 Å². The lowest BCUT2D eigenvalue weighted by Crippen LogP contribution is -2.45. The van der Waals surface area contributed by atoms with Gasteiger partial charge in [0.1, 0.15) is 0 Å². The van der Waals surface area contributed by atoms with Gasteiger partial charge in [-0.15, -0.1) is 0 Å². The summed E-state index contributed by atoms with van der Waals surface area (Å²) in [5.74, 6) is 0. The number of halogens is 1. The van der Waals surface area contributed by atoms with E-state index in [9.17, 15) is 8.42 Å². The molecule has 2 aromatic rings. The highest BCUT2D eigenvalue weighted by Crippen LogP contribution is 2.34. The molecule has 0 bridgehead atoms. The number of hydrogen-bond donors (Lipinski definition) is 1. The van der Waals surface area contributed by atoms with Gasteiger partial charge in [0.05, 0.1) is 10.9 Å². The molecule has 2 aromatic carbocycles. The van der Waals surface area contributed by atoms with Crippen LogP contribution in [0.4, 0.5) is 0 Å². The van der Waals surface area contributed by atoms with Crippen LogP contribution in [0.2, 0.25) is 5.02 Å². The van der Waals surface area contributed by atoms with E-state index in [1.807, 2.05) is 6.92 Å². The molecule has 0 saturated heterocycles. The Balaban J connectivity index is 0.000000634. The summed E-state index contributed by atoms with van der Waals surface area (Å²) in [5, 5.41) is 0.822. The van der Waals surface area contributed by atoms with Crippen molar-refractivity contribution in [3.05, 3.63) is 76.8 Å². The summed E-state index contributed by atoms with van der Waals surface area (Å²) in [7, 11) is -4.02. The average Bonchev–Trinajstić information content (AvgIpc) is 2.95. The standard InChI is InChI=1S/C28H48ClN.C7H8O3S/c1-6-11-13-15-18-26(9-4)30(27(10-5)19-16-14-12-7-2)28(17-8-3)24-20-22-25(29)23-21-24;1-6-2-4-7(5-3-6)11(8,9)10/h8,17,20-23,26-28H,6-7,9-16,18-19H2,1-5H3;2-5H,1H3,(H,8,9,10)/b17-8-;. The lowest BCUT2D eigenvalue weighted by atomic mass is 9.92. The molecule has 0 heterocycles. The Morgan fingerprint density at radius 3 is 1.66 bits per heavy atom.